The summed E-state index contributed by atoms with van der Waals surface area (Å²) in [7, 11) is 0. The van der Waals surface area contributed by atoms with Gasteiger partial charge in [-0.2, -0.15) is 0 Å². The van der Waals surface area contributed by atoms with Gasteiger partial charge < -0.3 is 24.2 Å². The largest absolute Gasteiger partial charge is 0.379 e. The maximum atomic E-state index is 13.3. The molecule has 4 saturated heterocycles. The fourth-order valence-corrected chi connectivity index (χ4v) is 7.04. The number of likely N-dealkylation sites (tertiary alicyclic amines) is 2. The Morgan fingerprint density at radius 2 is 0.982 bits per heavy atom. The minimum atomic E-state index is -0.632. The number of imide groups is 2. The van der Waals surface area contributed by atoms with Crippen LogP contribution in [0.4, 0.5) is 0 Å². The van der Waals surface area contributed by atoms with E-state index in [1.54, 1.807) is 9.80 Å². The first-order valence-corrected chi connectivity index (χ1v) is 19.2. The Labute approximate surface area is 319 Å². The average molecular weight is 770 g/mol. The van der Waals surface area contributed by atoms with Crippen molar-refractivity contribution in [3.63, 3.8) is 0 Å². The van der Waals surface area contributed by atoms with Crippen LogP contribution < -0.4 is 0 Å². The molecule has 18 heteroatoms. The van der Waals surface area contributed by atoms with Gasteiger partial charge in [-0.15, -0.1) is 10.1 Å². The van der Waals surface area contributed by atoms with Crippen molar-refractivity contribution in [3.05, 3.63) is 29.6 Å². The molecule has 0 radical (unpaired) electrons. The van der Waals surface area contributed by atoms with Crippen LogP contribution in [-0.2, 0) is 65.9 Å². The van der Waals surface area contributed by atoms with Gasteiger partial charge in [-0.3, -0.25) is 43.6 Å². The van der Waals surface area contributed by atoms with E-state index in [0.717, 1.165) is 11.4 Å². The zero-order valence-corrected chi connectivity index (χ0v) is 31.7. The van der Waals surface area contributed by atoms with Crippen LogP contribution in [0, 0.1) is 11.8 Å². The van der Waals surface area contributed by atoms with E-state index >= 15 is 0 Å². The molecule has 0 saturated carbocycles. The standard InChI is InChI=1S/C35H45N7O11.C2H6/c43-28-4-5-29(44)41(28)52-34(49)24-8-12-39(13-9-24)32(47)22-37-16-18-51-19-17-38(21-27-3-1-2-26(20-37)36-27)23-33(48)40-14-10-25(11-15-40)35(50)53-42-30(45)6-7-31(42)46;1-2/h1-3,24-25H,4-23H2;1-2H3. The minimum Gasteiger partial charge on any atom is -0.379 e. The number of hydrogen-bond donors (Lipinski definition) is 0. The highest BCUT2D eigenvalue weighted by atomic mass is 16.7. The number of hydrogen-bond acceptors (Lipinski definition) is 14. The lowest BCUT2D eigenvalue weighted by atomic mass is 9.97. The second-order valence-electron chi connectivity index (χ2n) is 13.9. The van der Waals surface area contributed by atoms with Gasteiger partial charge in [0.1, 0.15) is 0 Å². The van der Waals surface area contributed by atoms with Gasteiger partial charge >= 0.3 is 11.9 Å². The molecule has 0 unspecified atom stereocenters. The number of rotatable bonds is 8. The van der Waals surface area contributed by atoms with Gasteiger partial charge in [0.2, 0.25) is 11.8 Å². The number of carbonyl (C=O) groups is 8. The first kappa shape index (κ1) is 41.4. The summed E-state index contributed by atoms with van der Waals surface area (Å²) in [5, 5.41) is 1.11. The molecule has 6 amide bonds. The van der Waals surface area contributed by atoms with Gasteiger partial charge in [0.05, 0.1) is 49.5 Å². The molecule has 2 bridgehead atoms. The Balaban J connectivity index is 0.00000285. The summed E-state index contributed by atoms with van der Waals surface area (Å²) < 4.78 is 5.95. The van der Waals surface area contributed by atoms with Crippen molar-refractivity contribution in [2.45, 2.75) is 78.3 Å². The first-order chi connectivity index (χ1) is 26.5. The minimum absolute atomic E-state index is 0.0290. The predicted octanol–water partition coefficient (Wildman–Crippen LogP) is 0.434. The molecule has 18 nitrogen and oxygen atoms in total. The molecular weight excluding hydrogens is 718 g/mol. The zero-order chi connectivity index (χ0) is 39.5. The number of carbonyl (C=O) groups excluding carboxylic acids is 8. The van der Waals surface area contributed by atoms with Crippen molar-refractivity contribution in [1.82, 2.24) is 34.7 Å². The molecular formula is C37H51N7O11. The van der Waals surface area contributed by atoms with Crippen molar-refractivity contribution in [3.8, 4) is 0 Å². The number of aromatic nitrogens is 1. The second-order valence-corrected chi connectivity index (χ2v) is 13.9. The van der Waals surface area contributed by atoms with Gasteiger partial charge in [0.15, 0.2) is 0 Å². The number of fused-ring (bicyclic) bond motifs is 2. The molecule has 0 aromatic carbocycles. The van der Waals surface area contributed by atoms with Crippen LogP contribution in [-0.4, -0.2) is 148 Å². The maximum absolute atomic E-state index is 13.3. The summed E-state index contributed by atoms with van der Waals surface area (Å²) in [5.41, 5.74) is 1.53. The highest BCUT2D eigenvalue weighted by Gasteiger charge is 2.38. The summed E-state index contributed by atoms with van der Waals surface area (Å²) in [6.45, 7) is 8.10. The van der Waals surface area contributed by atoms with Crippen molar-refractivity contribution in [1.29, 1.82) is 0 Å². The smallest absolute Gasteiger partial charge is 0.336 e. The molecule has 1 aromatic heterocycles. The van der Waals surface area contributed by atoms with Gasteiger partial charge in [0.25, 0.3) is 23.6 Å². The number of piperidine rings is 2. The highest BCUT2D eigenvalue weighted by molar-refractivity contribution is 6.02. The second kappa shape index (κ2) is 19.7. The summed E-state index contributed by atoms with van der Waals surface area (Å²) in [6, 6.07) is 5.68. The molecule has 6 rings (SSSR count). The van der Waals surface area contributed by atoms with E-state index in [-0.39, 0.29) is 50.6 Å². The van der Waals surface area contributed by atoms with E-state index in [2.05, 4.69) is 0 Å². The number of ether oxygens (including phenoxy) is 1. The molecule has 0 aliphatic carbocycles. The Morgan fingerprint density at radius 3 is 1.35 bits per heavy atom. The summed E-state index contributed by atoms with van der Waals surface area (Å²) in [4.78, 5) is 121. The van der Waals surface area contributed by atoms with E-state index in [9.17, 15) is 38.4 Å². The van der Waals surface area contributed by atoms with Gasteiger partial charge in [0, 0.05) is 78.0 Å². The fraction of sp³-hybridized carbons (Fsp3) is 0.649. The van der Waals surface area contributed by atoms with Crippen molar-refractivity contribution >= 4 is 47.4 Å². The quantitative estimate of drug-likeness (QED) is 0.330. The van der Waals surface area contributed by atoms with Crippen LogP contribution in [0.25, 0.3) is 0 Å². The molecule has 55 heavy (non-hydrogen) atoms. The molecule has 0 N–H and O–H groups in total. The van der Waals surface area contributed by atoms with Crippen LogP contribution in [0.2, 0.25) is 0 Å². The van der Waals surface area contributed by atoms with Crippen molar-refractivity contribution in [2.75, 3.05) is 65.6 Å². The van der Waals surface area contributed by atoms with Crippen LogP contribution in [0.15, 0.2) is 18.2 Å². The molecule has 300 valence electrons. The lowest BCUT2D eigenvalue weighted by molar-refractivity contribution is -0.201. The first-order valence-electron chi connectivity index (χ1n) is 19.2. The van der Waals surface area contributed by atoms with Gasteiger partial charge in [-0.05, 0) is 37.8 Å². The Kier molecular flexibility index (Phi) is 14.8. The SMILES string of the molecule is CC.O=C(ON1C(=O)CCC1=O)C1CCN(C(=O)CN2CCOCCN(CC(=O)N3CCC(C(=O)ON4C(=O)CCC4=O)CC3)Cc3cccc(n3)C2)CC1. The van der Waals surface area contributed by atoms with E-state index in [1.165, 1.54) is 0 Å². The zero-order valence-electron chi connectivity index (χ0n) is 31.7. The summed E-state index contributed by atoms with van der Waals surface area (Å²) >= 11 is 0. The molecule has 6 heterocycles. The maximum Gasteiger partial charge on any atom is 0.336 e. The molecule has 0 spiro atoms. The van der Waals surface area contributed by atoms with Gasteiger partial charge in [-0.1, -0.05) is 19.9 Å². The summed E-state index contributed by atoms with van der Waals surface area (Å²) in [6.07, 6.45) is 1.58. The Morgan fingerprint density at radius 1 is 0.618 bits per heavy atom. The molecule has 0 atom stereocenters. The number of amides is 6. The third kappa shape index (κ3) is 11.1. The number of pyridine rings is 1. The fourth-order valence-electron chi connectivity index (χ4n) is 7.04. The van der Waals surface area contributed by atoms with E-state index in [1.807, 2.05) is 41.8 Å². The third-order valence-corrected chi connectivity index (χ3v) is 10.2. The van der Waals surface area contributed by atoms with Crippen molar-refractivity contribution < 1.29 is 52.8 Å². The highest BCUT2D eigenvalue weighted by Crippen LogP contribution is 2.23. The lowest BCUT2D eigenvalue weighted by Crippen LogP contribution is -2.47. The molecule has 4 fully saturated rings. The number of hydroxylamine groups is 4. The van der Waals surface area contributed by atoms with Gasteiger partial charge in [-0.25, -0.2) is 9.59 Å². The topological polar surface area (TPSA) is 197 Å². The van der Waals surface area contributed by atoms with Crippen LogP contribution in [0.3, 0.4) is 0 Å². The Hall–Kier alpha value is -4.81. The Bertz CT molecular complexity index is 1460. The molecule has 5 aliphatic rings. The molecule has 1 aromatic rings. The lowest BCUT2D eigenvalue weighted by Gasteiger charge is -2.33. The average Bonchev–Trinajstić information content (AvgIpc) is 3.68. The van der Waals surface area contributed by atoms with Crippen LogP contribution in [0.1, 0.15) is 76.6 Å². The van der Waals surface area contributed by atoms with E-state index in [4.69, 9.17) is 19.4 Å². The third-order valence-electron chi connectivity index (χ3n) is 10.2. The molecule has 5 aliphatic heterocycles. The monoisotopic (exact) mass is 769 g/mol. The predicted molar refractivity (Wildman–Crippen MR) is 190 cm³/mol. The van der Waals surface area contributed by atoms with Crippen LogP contribution >= 0.6 is 0 Å². The van der Waals surface area contributed by atoms with Crippen molar-refractivity contribution in [2.24, 2.45) is 11.8 Å². The van der Waals surface area contributed by atoms with E-state index in [0.29, 0.717) is 101 Å². The number of nitrogens with zero attached hydrogens (tertiary/aromatic N) is 7. The normalized spacial score (nSPS) is 21.1. The summed E-state index contributed by atoms with van der Waals surface area (Å²) in [5.74, 6) is -4.56. The van der Waals surface area contributed by atoms with E-state index < -0.39 is 47.4 Å². The van der Waals surface area contributed by atoms with Crippen LogP contribution in [0.5, 0.6) is 0 Å².